The van der Waals surface area contributed by atoms with Gasteiger partial charge in [0.2, 0.25) is 0 Å². The number of hydrogen-bond acceptors (Lipinski definition) is 2. The summed E-state index contributed by atoms with van der Waals surface area (Å²) in [5.41, 5.74) is 0.998. The molecule has 2 rings (SSSR count). The van der Waals surface area contributed by atoms with Crippen LogP contribution in [0.1, 0.15) is 5.56 Å². The number of methoxy groups -OCH3 is 1. The smallest absolute Gasteiger partial charge is 0.0312 e. The Labute approximate surface area is 209 Å². The van der Waals surface area contributed by atoms with E-state index in [-0.39, 0.29) is 34.4 Å². The van der Waals surface area contributed by atoms with E-state index in [0.29, 0.717) is 0 Å². The fourth-order valence-corrected chi connectivity index (χ4v) is 1.81. The normalized spacial score (nSPS) is 9.23. The van der Waals surface area contributed by atoms with Crippen LogP contribution in [0.15, 0.2) is 24.3 Å². The number of ether oxygens (including phenoxy) is 1. The van der Waals surface area contributed by atoms with Crippen molar-refractivity contribution in [3.05, 3.63) is 102 Å². The predicted molar refractivity (Wildman–Crippen MR) is 102 cm³/mol. The molecule has 0 heterocycles. The molecule has 0 aromatic heterocycles. The molecule has 0 unspecified atom stereocenters. The van der Waals surface area contributed by atoms with Crippen molar-refractivity contribution in [2.75, 3.05) is 7.11 Å². The first kappa shape index (κ1) is 47.6. The van der Waals surface area contributed by atoms with E-state index >= 15 is 0 Å². The van der Waals surface area contributed by atoms with Crippen molar-refractivity contribution in [2.24, 2.45) is 0 Å². The van der Waals surface area contributed by atoms with E-state index in [4.69, 9.17) is 32.4 Å². The monoisotopic (exact) mass is 522 g/mol. The van der Waals surface area contributed by atoms with E-state index in [1.54, 1.807) is 13.7 Å². The number of para-hydroxylation sites is 1. The molecule has 0 atom stereocenters. The topological polar surface area (TPSA) is 118 Å². The predicted octanol–water partition coefficient (Wildman–Crippen LogP) is 3.89. The number of benzene rings is 1. The van der Waals surface area contributed by atoms with Crippen molar-refractivity contribution < 1.29 is 66.9 Å². The molecule has 0 bridgehead atoms. The molecular weight excluding hydrogens is 500 g/mol. The number of hydrogen-bond donors (Lipinski definition) is 0. The summed E-state index contributed by atoms with van der Waals surface area (Å²) >= 11 is 0. The van der Waals surface area contributed by atoms with Gasteiger partial charge in [0.1, 0.15) is 0 Å². The Balaban J connectivity index is -0.0000000570. The van der Waals surface area contributed by atoms with Crippen LogP contribution in [0.3, 0.4) is 0 Å². The SMILES string of the molecule is COc1ccccc1[CH-]O[Si](C)(C)C.[C-]#[O+].[C-]#[O+].[C-]#[O+].[C-]#[O+].[C-]#[O+].[CH]1[CH][CH][CH][CH]1.[Cr].[Fe+2]. The Hall–Kier alpha value is -1.18. The molecule has 10 heteroatoms. The molecule has 5 radical (unpaired) electrons. The molecule has 31 heavy (non-hydrogen) atoms. The summed E-state index contributed by atoms with van der Waals surface area (Å²) in [6, 6.07) is 7.84. The van der Waals surface area contributed by atoms with Crippen molar-refractivity contribution in [3.8, 4) is 5.75 Å². The van der Waals surface area contributed by atoms with Crippen LogP contribution in [-0.4, -0.2) is 15.4 Å². The largest absolute Gasteiger partial charge is 2.00 e. The van der Waals surface area contributed by atoms with Gasteiger partial charge in [0.05, 0.1) is 7.11 Å². The summed E-state index contributed by atoms with van der Waals surface area (Å²) in [6.07, 6.45) is 10.0. The summed E-state index contributed by atoms with van der Waals surface area (Å²) < 4.78 is 48.4. The molecule has 1 fully saturated rings. The van der Waals surface area contributed by atoms with Gasteiger partial charge >= 0.3 is 73.6 Å². The van der Waals surface area contributed by atoms with Gasteiger partial charge in [-0.15, -0.1) is 11.6 Å². The zero-order valence-corrected chi connectivity index (χ0v) is 20.8. The Morgan fingerprint density at radius 2 is 1.03 bits per heavy atom. The van der Waals surface area contributed by atoms with E-state index in [1.807, 2.05) is 56.4 Å². The second-order valence-corrected chi connectivity index (χ2v) is 9.51. The fourth-order valence-electron chi connectivity index (χ4n) is 1.32. The molecule has 1 aliphatic carbocycles. The maximum atomic E-state index is 7.50. The zero-order valence-electron chi connectivity index (χ0n) is 17.4. The average molecular weight is 522 g/mol. The third-order valence-electron chi connectivity index (χ3n) is 2.23. The Morgan fingerprint density at radius 1 is 0.710 bits per heavy atom. The van der Waals surface area contributed by atoms with Crippen LogP contribution in [0.5, 0.6) is 5.75 Å². The van der Waals surface area contributed by atoms with Crippen molar-refractivity contribution in [2.45, 2.75) is 19.6 Å². The van der Waals surface area contributed by atoms with Crippen LogP contribution in [0, 0.1) is 72.0 Å². The van der Waals surface area contributed by atoms with Gasteiger partial charge in [0, 0.05) is 23.1 Å². The van der Waals surface area contributed by atoms with Gasteiger partial charge in [-0.2, -0.15) is 6.07 Å². The molecular formula is C21H22CrFeO7Si+. The molecule has 0 spiro atoms. The molecule has 165 valence electrons. The van der Waals surface area contributed by atoms with Crippen molar-refractivity contribution in [1.82, 2.24) is 0 Å². The minimum absolute atomic E-state index is 0. The molecule has 7 nitrogen and oxygen atoms in total. The molecule has 0 N–H and O–H groups in total. The Morgan fingerprint density at radius 3 is 1.32 bits per heavy atom. The summed E-state index contributed by atoms with van der Waals surface area (Å²) in [5.74, 6) is 0.853. The maximum Gasteiger partial charge on any atom is 2.00 e. The van der Waals surface area contributed by atoms with Crippen LogP contribution in [0.4, 0.5) is 0 Å². The van der Waals surface area contributed by atoms with E-state index in [0.717, 1.165) is 11.3 Å². The second-order valence-electron chi connectivity index (χ2n) is 5.05. The summed E-state index contributed by atoms with van der Waals surface area (Å²) in [4.78, 5) is 0. The first-order valence-electron chi connectivity index (χ1n) is 7.36. The first-order chi connectivity index (χ1) is 14.0. The van der Waals surface area contributed by atoms with E-state index in [9.17, 15) is 0 Å². The molecule has 0 aliphatic heterocycles. The van der Waals surface area contributed by atoms with Crippen molar-refractivity contribution in [1.29, 1.82) is 0 Å². The van der Waals surface area contributed by atoms with Gasteiger partial charge in [-0.1, -0.05) is 18.7 Å². The fraction of sp³-hybridized carbons (Fsp3) is 0.190. The van der Waals surface area contributed by atoms with Crippen LogP contribution in [-0.2, 0) is 62.1 Å². The quantitative estimate of drug-likeness (QED) is 0.339. The zero-order chi connectivity index (χ0) is 24.1. The molecule has 1 aromatic carbocycles. The minimum Gasteiger partial charge on any atom is -0.0312 e. The summed E-state index contributed by atoms with van der Waals surface area (Å²) in [5, 5.41) is 0. The second kappa shape index (κ2) is 42.8. The maximum absolute atomic E-state index is 7.50. The summed E-state index contributed by atoms with van der Waals surface area (Å²) in [6.45, 7) is 30.8. The van der Waals surface area contributed by atoms with Crippen LogP contribution in [0.2, 0.25) is 19.6 Å². The summed E-state index contributed by atoms with van der Waals surface area (Å²) in [7, 11) is 0.181. The van der Waals surface area contributed by atoms with E-state index in [2.05, 4.69) is 52.9 Å². The van der Waals surface area contributed by atoms with E-state index in [1.165, 1.54) is 0 Å². The number of rotatable bonds is 4. The van der Waals surface area contributed by atoms with Gasteiger partial charge in [0.15, 0.2) is 8.32 Å². The van der Waals surface area contributed by atoms with Gasteiger partial charge in [0.25, 0.3) is 0 Å². The molecule has 0 amide bonds. The molecule has 0 saturated heterocycles. The van der Waals surface area contributed by atoms with Crippen LogP contribution in [0.25, 0.3) is 0 Å². The third-order valence-corrected chi connectivity index (χ3v) is 3.06. The van der Waals surface area contributed by atoms with Crippen molar-refractivity contribution in [3.63, 3.8) is 0 Å². The Kier molecular flexibility index (Phi) is 65.7. The average Bonchev–Trinajstić information content (AvgIpc) is 3.39. The molecule has 1 saturated carbocycles. The standard InChI is InChI=1S/C11H17O2Si.C5H5.5CO.Cr.Fe/c1-12-11-8-6-5-7-10(11)9-13-14(2,3)4;1-2-4-5-3-1;5*1-2;;/h5-9H,1-4H3;1-5H;;;;;;;/q-1;;;;;;;;+2. The van der Waals surface area contributed by atoms with Gasteiger partial charge in [-0.3, -0.25) is 0 Å². The first-order valence-corrected chi connectivity index (χ1v) is 10.8. The van der Waals surface area contributed by atoms with Crippen molar-refractivity contribution >= 4 is 8.32 Å². The van der Waals surface area contributed by atoms with Crippen LogP contribution >= 0.6 is 0 Å². The minimum atomic E-state index is -1.49. The van der Waals surface area contributed by atoms with Gasteiger partial charge in [-0.05, 0) is 51.7 Å². The van der Waals surface area contributed by atoms with Gasteiger partial charge < -0.3 is 9.16 Å². The van der Waals surface area contributed by atoms with E-state index < -0.39 is 8.32 Å². The molecule has 1 aromatic rings. The Bertz CT molecular complexity index is 521. The third kappa shape index (κ3) is 39.8. The molecule has 1 aliphatic rings. The van der Waals surface area contributed by atoms with Crippen LogP contribution < -0.4 is 4.74 Å². The van der Waals surface area contributed by atoms with Gasteiger partial charge in [-0.25, -0.2) is 0 Å².